The van der Waals surface area contributed by atoms with Crippen molar-refractivity contribution in [1.82, 2.24) is 14.8 Å². The van der Waals surface area contributed by atoms with Crippen LogP contribution in [0.5, 0.6) is 0 Å². The molecule has 0 saturated heterocycles. The monoisotopic (exact) mass is 226 g/mol. The number of nitrogens with zero attached hydrogens (tertiary/aromatic N) is 3. The van der Waals surface area contributed by atoms with Gasteiger partial charge in [0, 0.05) is 19.4 Å². The van der Waals surface area contributed by atoms with E-state index >= 15 is 0 Å². The van der Waals surface area contributed by atoms with Gasteiger partial charge in [0.05, 0.1) is 0 Å². The lowest BCUT2D eigenvalue weighted by atomic mass is 10.2. The van der Waals surface area contributed by atoms with Gasteiger partial charge >= 0.3 is 5.97 Å². The second kappa shape index (κ2) is 5.60. The van der Waals surface area contributed by atoms with Crippen molar-refractivity contribution >= 4 is 5.97 Å². The van der Waals surface area contributed by atoms with Crippen molar-refractivity contribution in [3.8, 4) is 0 Å². The highest BCUT2D eigenvalue weighted by Gasteiger charge is 2.13. The summed E-state index contributed by atoms with van der Waals surface area (Å²) in [6.45, 7) is 4.49. The zero-order valence-electron chi connectivity index (χ0n) is 9.68. The molecule has 0 fully saturated rings. The molecular formula is C10H18N4O2. The van der Waals surface area contributed by atoms with Crippen molar-refractivity contribution in [2.24, 2.45) is 5.73 Å². The Labute approximate surface area is 94.5 Å². The lowest BCUT2D eigenvalue weighted by Gasteiger charge is -2.07. The number of hydrogen-bond acceptors (Lipinski definition) is 4. The summed E-state index contributed by atoms with van der Waals surface area (Å²) in [6.07, 6.45) is 1.94. The van der Waals surface area contributed by atoms with E-state index in [1.54, 1.807) is 4.68 Å². The second-order valence-electron chi connectivity index (χ2n) is 3.61. The summed E-state index contributed by atoms with van der Waals surface area (Å²) < 4.78 is 1.75. The molecule has 0 aromatic carbocycles. The fraction of sp³-hybridized carbons (Fsp3) is 0.700. The number of aromatic nitrogens is 3. The SMILES string of the molecule is CCc1nc(CC)n(CCC(N)C(=O)O)n1. The van der Waals surface area contributed by atoms with Gasteiger partial charge < -0.3 is 10.8 Å². The molecule has 0 radical (unpaired) electrons. The molecule has 1 unspecified atom stereocenters. The van der Waals surface area contributed by atoms with Crippen LogP contribution in [0.2, 0.25) is 0 Å². The average Bonchev–Trinajstić information content (AvgIpc) is 2.68. The molecular weight excluding hydrogens is 208 g/mol. The van der Waals surface area contributed by atoms with Gasteiger partial charge in [0.25, 0.3) is 0 Å². The number of nitrogens with two attached hydrogens (primary N) is 1. The van der Waals surface area contributed by atoms with Crippen LogP contribution >= 0.6 is 0 Å². The molecule has 0 spiro atoms. The molecule has 1 atom stereocenters. The van der Waals surface area contributed by atoms with Gasteiger partial charge in [-0.2, -0.15) is 5.10 Å². The van der Waals surface area contributed by atoms with E-state index in [-0.39, 0.29) is 0 Å². The topological polar surface area (TPSA) is 94.0 Å². The molecule has 0 bridgehead atoms. The molecule has 90 valence electrons. The first-order chi connectivity index (χ1) is 7.58. The molecule has 1 aromatic rings. The smallest absolute Gasteiger partial charge is 0.320 e. The maximum absolute atomic E-state index is 10.6. The second-order valence-corrected chi connectivity index (χ2v) is 3.61. The summed E-state index contributed by atoms with van der Waals surface area (Å²) in [5, 5.41) is 13.0. The van der Waals surface area contributed by atoms with Gasteiger partial charge in [0.15, 0.2) is 5.82 Å². The van der Waals surface area contributed by atoms with Crippen LogP contribution in [0.15, 0.2) is 0 Å². The van der Waals surface area contributed by atoms with Crippen molar-refractivity contribution in [3.05, 3.63) is 11.6 Å². The fourth-order valence-electron chi connectivity index (χ4n) is 1.40. The van der Waals surface area contributed by atoms with Gasteiger partial charge in [0.2, 0.25) is 0 Å². The summed E-state index contributed by atoms with van der Waals surface area (Å²) in [7, 11) is 0. The molecule has 1 heterocycles. The largest absolute Gasteiger partial charge is 0.480 e. The van der Waals surface area contributed by atoms with Crippen molar-refractivity contribution in [1.29, 1.82) is 0 Å². The predicted octanol–water partition coefficient (Wildman–Crippen LogP) is 0.205. The predicted molar refractivity (Wildman–Crippen MR) is 59.0 cm³/mol. The molecule has 6 heteroatoms. The molecule has 0 saturated carbocycles. The van der Waals surface area contributed by atoms with Crippen LogP contribution in [0.4, 0.5) is 0 Å². The Bertz CT molecular complexity index is 362. The zero-order chi connectivity index (χ0) is 12.1. The summed E-state index contributed by atoms with van der Waals surface area (Å²) in [5.74, 6) is 0.698. The molecule has 0 aliphatic carbocycles. The summed E-state index contributed by atoms with van der Waals surface area (Å²) >= 11 is 0. The van der Waals surface area contributed by atoms with Crippen LogP contribution in [-0.4, -0.2) is 31.9 Å². The van der Waals surface area contributed by atoms with E-state index < -0.39 is 12.0 Å². The molecule has 16 heavy (non-hydrogen) atoms. The van der Waals surface area contributed by atoms with E-state index in [9.17, 15) is 4.79 Å². The highest BCUT2D eigenvalue weighted by molar-refractivity contribution is 5.72. The van der Waals surface area contributed by atoms with E-state index in [1.807, 2.05) is 13.8 Å². The van der Waals surface area contributed by atoms with Crippen LogP contribution in [0.25, 0.3) is 0 Å². The summed E-state index contributed by atoms with van der Waals surface area (Å²) in [4.78, 5) is 14.9. The summed E-state index contributed by atoms with van der Waals surface area (Å²) in [5.41, 5.74) is 5.43. The standard InChI is InChI=1S/C10H18N4O2/c1-3-8-12-9(4-2)14(13-8)6-5-7(11)10(15)16/h7H,3-6,11H2,1-2H3,(H,15,16). The van der Waals surface area contributed by atoms with Gasteiger partial charge in [-0.05, 0) is 6.42 Å². The Morgan fingerprint density at radius 2 is 2.19 bits per heavy atom. The third-order valence-corrected chi connectivity index (χ3v) is 2.39. The van der Waals surface area contributed by atoms with E-state index in [2.05, 4.69) is 10.1 Å². The minimum atomic E-state index is -0.978. The third-order valence-electron chi connectivity index (χ3n) is 2.39. The minimum Gasteiger partial charge on any atom is -0.480 e. The van der Waals surface area contributed by atoms with Crippen LogP contribution in [0.3, 0.4) is 0 Å². The molecule has 0 amide bonds. The van der Waals surface area contributed by atoms with Gasteiger partial charge in [0.1, 0.15) is 11.9 Å². The number of carboxylic acid groups (broad SMARTS) is 1. The number of carboxylic acids is 1. The Morgan fingerprint density at radius 1 is 1.50 bits per heavy atom. The van der Waals surface area contributed by atoms with Crippen LogP contribution in [-0.2, 0) is 24.2 Å². The number of aryl methyl sites for hydroxylation is 3. The van der Waals surface area contributed by atoms with Crippen molar-refractivity contribution < 1.29 is 9.90 Å². The Morgan fingerprint density at radius 3 is 2.69 bits per heavy atom. The highest BCUT2D eigenvalue weighted by Crippen LogP contribution is 2.03. The first kappa shape index (κ1) is 12.6. The van der Waals surface area contributed by atoms with Crippen LogP contribution < -0.4 is 5.73 Å². The zero-order valence-corrected chi connectivity index (χ0v) is 9.68. The van der Waals surface area contributed by atoms with E-state index in [4.69, 9.17) is 10.8 Å². The first-order valence-electron chi connectivity index (χ1n) is 5.49. The maximum Gasteiger partial charge on any atom is 0.320 e. The lowest BCUT2D eigenvalue weighted by Crippen LogP contribution is -2.31. The molecule has 0 aliphatic heterocycles. The van der Waals surface area contributed by atoms with Crippen molar-refractivity contribution in [2.45, 2.75) is 45.7 Å². The van der Waals surface area contributed by atoms with Gasteiger partial charge in [-0.15, -0.1) is 0 Å². The Hall–Kier alpha value is -1.43. The number of hydrogen-bond donors (Lipinski definition) is 2. The fourth-order valence-corrected chi connectivity index (χ4v) is 1.40. The number of carbonyl (C=O) groups is 1. The summed E-state index contributed by atoms with van der Waals surface area (Å²) in [6, 6.07) is -0.834. The van der Waals surface area contributed by atoms with Gasteiger partial charge in [-0.1, -0.05) is 13.8 Å². The van der Waals surface area contributed by atoms with E-state index in [1.165, 1.54) is 0 Å². The molecule has 6 nitrogen and oxygen atoms in total. The van der Waals surface area contributed by atoms with Crippen molar-refractivity contribution in [2.75, 3.05) is 0 Å². The third kappa shape index (κ3) is 3.03. The van der Waals surface area contributed by atoms with Gasteiger partial charge in [-0.3, -0.25) is 4.79 Å². The van der Waals surface area contributed by atoms with Gasteiger partial charge in [-0.25, -0.2) is 9.67 Å². The highest BCUT2D eigenvalue weighted by atomic mass is 16.4. The minimum absolute atomic E-state index is 0.370. The maximum atomic E-state index is 10.6. The average molecular weight is 226 g/mol. The molecule has 3 N–H and O–H groups in total. The lowest BCUT2D eigenvalue weighted by molar-refractivity contribution is -0.138. The first-order valence-corrected chi connectivity index (χ1v) is 5.49. The molecule has 0 aliphatic rings. The molecule has 1 rings (SSSR count). The van der Waals surface area contributed by atoms with E-state index in [0.29, 0.717) is 13.0 Å². The normalized spacial score (nSPS) is 12.7. The Balaban J connectivity index is 2.65. The number of aliphatic carboxylic acids is 1. The number of rotatable bonds is 6. The van der Waals surface area contributed by atoms with Crippen LogP contribution in [0.1, 0.15) is 31.9 Å². The molecule has 1 aromatic heterocycles. The van der Waals surface area contributed by atoms with E-state index in [0.717, 1.165) is 24.5 Å². The quantitative estimate of drug-likeness (QED) is 0.723. The van der Waals surface area contributed by atoms with Crippen LogP contribution in [0, 0.1) is 0 Å². The van der Waals surface area contributed by atoms with Crippen molar-refractivity contribution in [3.63, 3.8) is 0 Å². The Kier molecular flexibility index (Phi) is 4.42.